The summed E-state index contributed by atoms with van der Waals surface area (Å²) in [6, 6.07) is 5.76. The van der Waals surface area contributed by atoms with E-state index in [0.717, 1.165) is 21.6 Å². The van der Waals surface area contributed by atoms with E-state index in [0.29, 0.717) is 11.2 Å². The zero-order valence-electron chi connectivity index (χ0n) is 10.3. The van der Waals surface area contributed by atoms with Crippen LogP contribution >= 0.6 is 11.8 Å². The summed E-state index contributed by atoms with van der Waals surface area (Å²) in [4.78, 5) is 8.62. The highest BCUT2D eigenvalue weighted by Gasteiger charge is 2.12. The second kappa shape index (κ2) is 4.92. The Labute approximate surface area is 106 Å². The molecule has 2 aromatic rings. The minimum atomic E-state index is 0.523. The van der Waals surface area contributed by atoms with Crippen LogP contribution < -0.4 is 5.73 Å². The van der Waals surface area contributed by atoms with Crippen molar-refractivity contribution < 1.29 is 0 Å². The van der Waals surface area contributed by atoms with Gasteiger partial charge in [-0.25, -0.2) is 9.97 Å². The third-order valence-corrected chi connectivity index (χ3v) is 4.32. The van der Waals surface area contributed by atoms with E-state index in [4.69, 9.17) is 5.73 Å². The molecule has 17 heavy (non-hydrogen) atoms. The molecular weight excluding hydrogens is 230 g/mol. The Morgan fingerprint density at radius 3 is 2.65 bits per heavy atom. The molecule has 1 aromatic heterocycles. The standard InChI is InChI=1S/C13H17N3S/c1-8(2)9(3)17-13-11-6-10(14)4-5-12(11)15-7-16-13/h4-9H,14H2,1-3H3. The fourth-order valence-corrected chi connectivity index (χ4v) is 2.48. The largest absolute Gasteiger partial charge is 0.399 e. The van der Waals surface area contributed by atoms with Crippen LogP contribution in [0.2, 0.25) is 0 Å². The van der Waals surface area contributed by atoms with E-state index in [2.05, 4.69) is 30.7 Å². The van der Waals surface area contributed by atoms with Gasteiger partial charge < -0.3 is 5.73 Å². The van der Waals surface area contributed by atoms with Crippen LogP contribution in [0.15, 0.2) is 29.6 Å². The van der Waals surface area contributed by atoms with Gasteiger partial charge in [-0.3, -0.25) is 0 Å². The van der Waals surface area contributed by atoms with E-state index < -0.39 is 0 Å². The smallest absolute Gasteiger partial charge is 0.117 e. The summed E-state index contributed by atoms with van der Waals surface area (Å²) in [6.45, 7) is 6.65. The molecule has 3 nitrogen and oxygen atoms in total. The predicted octanol–water partition coefficient (Wildman–Crippen LogP) is 3.35. The summed E-state index contributed by atoms with van der Waals surface area (Å²) in [5, 5.41) is 2.59. The molecule has 1 atom stereocenters. The minimum Gasteiger partial charge on any atom is -0.399 e. The first-order chi connectivity index (χ1) is 8.08. The molecule has 0 amide bonds. The van der Waals surface area contributed by atoms with Crippen molar-refractivity contribution in [2.45, 2.75) is 31.0 Å². The van der Waals surface area contributed by atoms with Crippen molar-refractivity contribution in [3.8, 4) is 0 Å². The van der Waals surface area contributed by atoms with Crippen molar-refractivity contribution in [1.29, 1.82) is 0 Å². The van der Waals surface area contributed by atoms with Gasteiger partial charge >= 0.3 is 0 Å². The second-order valence-electron chi connectivity index (χ2n) is 4.52. The zero-order chi connectivity index (χ0) is 12.4. The number of thioether (sulfide) groups is 1. The Kier molecular flexibility index (Phi) is 3.52. The van der Waals surface area contributed by atoms with Crippen molar-refractivity contribution >= 4 is 28.4 Å². The van der Waals surface area contributed by atoms with Crippen molar-refractivity contribution in [3.05, 3.63) is 24.5 Å². The number of fused-ring (bicyclic) bond motifs is 1. The molecule has 1 heterocycles. The van der Waals surface area contributed by atoms with Gasteiger partial charge in [-0.2, -0.15) is 0 Å². The van der Waals surface area contributed by atoms with E-state index in [-0.39, 0.29) is 0 Å². The molecule has 1 aromatic carbocycles. The van der Waals surface area contributed by atoms with E-state index in [1.807, 2.05) is 18.2 Å². The number of anilines is 1. The first-order valence-electron chi connectivity index (χ1n) is 5.75. The average Bonchev–Trinajstić information content (AvgIpc) is 2.29. The summed E-state index contributed by atoms with van der Waals surface area (Å²) in [5.74, 6) is 0.617. The highest BCUT2D eigenvalue weighted by molar-refractivity contribution is 8.00. The Bertz CT molecular complexity index is 525. The third-order valence-electron chi connectivity index (χ3n) is 2.86. The van der Waals surface area contributed by atoms with Crippen LogP contribution in [0.1, 0.15) is 20.8 Å². The number of benzene rings is 1. The van der Waals surface area contributed by atoms with Crippen LogP contribution in [0.3, 0.4) is 0 Å². The maximum Gasteiger partial charge on any atom is 0.117 e. The van der Waals surface area contributed by atoms with E-state index in [1.54, 1.807) is 18.1 Å². The number of hydrogen-bond donors (Lipinski definition) is 1. The van der Waals surface area contributed by atoms with Crippen molar-refractivity contribution in [2.24, 2.45) is 5.92 Å². The molecule has 0 saturated heterocycles. The van der Waals surface area contributed by atoms with Gasteiger partial charge in [0.15, 0.2) is 0 Å². The molecule has 90 valence electrons. The zero-order valence-corrected chi connectivity index (χ0v) is 11.2. The number of nitrogens with zero attached hydrogens (tertiary/aromatic N) is 2. The summed E-state index contributed by atoms with van der Waals surface area (Å²) < 4.78 is 0. The number of hydrogen-bond acceptors (Lipinski definition) is 4. The molecule has 0 saturated carbocycles. The molecule has 0 aliphatic heterocycles. The van der Waals surface area contributed by atoms with Gasteiger partial charge in [-0.15, -0.1) is 11.8 Å². The lowest BCUT2D eigenvalue weighted by molar-refractivity contribution is 0.641. The summed E-state index contributed by atoms with van der Waals surface area (Å²) >= 11 is 1.78. The van der Waals surface area contributed by atoms with E-state index >= 15 is 0 Å². The van der Waals surface area contributed by atoms with Crippen molar-refractivity contribution in [2.75, 3.05) is 5.73 Å². The molecule has 0 radical (unpaired) electrons. The Morgan fingerprint density at radius 1 is 1.18 bits per heavy atom. The molecule has 0 fully saturated rings. The SMILES string of the molecule is CC(C)C(C)Sc1ncnc2ccc(N)cc12. The molecule has 0 aliphatic carbocycles. The van der Waals surface area contributed by atoms with Crippen LogP contribution in [-0.4, -0.2) is 15.2 Å². The number of rotatable bonds is 3. The third kappa shape index (κ3) is 2.69. The van der Waals surface area contributed by atoms with Gasteiger partial charge in [0.1, 0.15) is 11.4 Å². The lowest BCUT2D eigenvalue weighted by Gasteiger charge is -2.15. The first kappa shape index (κ1) is 12.2. The molecule has 2 N–H and O–H groups in total. The fourth-order valence-electron chi connectivity index (χ4n) is 1.46. The van der Waals surface area contributed by atoms with Crippen LogP contribution in [-0.2, 0) is 0 Å². The van der Waals surface area contributed by atoms with Gasteiger partial charge in [0, 0.05) is 16.3 Å². The summed E-state index contributed by atoms with van der Waals surface area (Å²) in [6.07, 6.45) is 1.62. The number of aromatic nitrogens is 2. The van der Waals surface area contributed by atoms with E-state index in [1.165, 1.54) is 0 Å². The lowest BCUT2D eigenvalue weighted by Crippen LogP contribution is -2.06. The fraction of sp³-hybridized carbons (Fsp3) is 0.385. The summed E-state index contributed by atoms with van der Waals surface area (Å²) in [5.41, 5.74) is 7.53. The van der Waals surface area contributed by atoms with Crippen LogP contribution in [0.25, 0.3) is 10.9 Å². The van der Waals surface area contributed by atoms with Gasteiger partial charge in [-0.1, -0.05) is 20.8 Å². The lowest BCUT2D eigenvalue weighted by atomic mass is 10.2. The van der Waals surface area contributed by atoms with Gasteiger partial charge in [0.05, 0.1) is 5.52 Å². The Balaban J connectivity index is 2.43. The van der Waals surface area contributed by atoms with Crippen molar-refractivity contribution in [1.82, 2.24) is 9.97 Å². The molecule has 0 aliphatic rings. The van der Waals surface area contributed by atoms with Crippen LogP contribution in [0.4, 0.5) is 5.69 Å². The topological polar surface area (TPSA) is 51.8 Å². The van der Waals surface area contributed by atoms with Crippen LogP contribution in [0, 0.1) is 5.92 Å². The van der Waals surface area contributed by atoms with Gasteiger partial charge in [-0.05, 0) is 24.1 Å². The quantitative estimate of drug-likeness (QED) is 0.513. The average molecular weight is 247 g/mol. The Hall–Kier alpha value is -1.29. The van der Waals surface area contributed by atoms with Gasteiger partial charge in [0.2, 0.25) is 0 Å². The van der Waals surface area contributed by atoms with Gasteiger partial charge in [0.25, 0.3) is 0 Å². The first-order valence-corrected chi connectivity index (χ1v) is 6.63. The molecule has 1 unspecified atom stereocenters. The molecule has 0 spiro atoms. The molecule has 0 bridgehead atoms. The molecule has 2 rings (SSSR count). The predicted molar refractivity (Wildman–Crippen MR) is 74.1 cm³/mol. The summed E-state index contributed by atoms with van der Waals surface area (Å²) in [7, 11) is 0. The highest BCUT2D eigenvalue weighted by atomic mass is 32.2. The molecular formula is C13H17N3S. The van der Waals surface area contributed by atoms with Crippen molar-refractivity contribution in [3.63, 3.8) is 0 Å². The maximum atomic E-state index is 5.82. The maximum absolute atomic E-state index is 5.82. The highest BCUT2D eigenvalue weighted by Crippen LogP contribution is 2.31. The Morgan fingerprint density at radius 2 is 1.94 bits per heavy atom. The number of nitrogens with two attached hydrogens (primary N) is 1. The minimum absolute atomic E-state index is 0.523. The molecule has 4 heteroatoms. The monoisotopic (exact) mass is 247 g/mol. The number of nitrogen functional groups attached to an aromatic ring is 1. The van der Waals surface area contributed by atoms with Crippen LogP contribution in [0.5, 0.6) is 0 Å². The van der Waals surface area contributed by atoms with E-state index in [9.17, 15) is 0 Å². The normalized spacial score (nSPS) is 13.2. The second-order valence-corrected chi connectivity index (χ2v) is 5.89.